The van der Waals surface area contributed by atoms with Crippen molar-refractivity contribution in [3.05, 3.63) is 33.9 Å². The molecule has 0 radical (unpaired) electrons. The van der Waals surface area contributed by atoms with Crippen LogP contribution >= 0.6 is 0 Å². The molecule has 1 fully saturated rings. The van der Waals surface area contributed by atoms with E-state index < -0.39 is 16.9 Å². The van der Waals surface area contributed by atoms with E-state index in [2.05, 4.69) is 4.90 Å². The van der Waals surface area contributed by atoms with Crippen LogP contribution in [0.5, 0.6) is 5.75 Å². The Morgan fingerprint density at radius 3 is 2.67 bits per heavy atom. The fourth-order valence-electron chi connectivity index (χ4n) is 2.88. The number of hydrogen-bond donors (Lipinski definition) is 2. The van der Waals surface area contributed by atoms with Gasteiger partial charge in [0.2, 0.25) is 5.91 Å². The molecular weight excluding hydrogens is 314 g/mol. The molecule has 8 heteroatoms. The van der Waals surface area contributed by atoms with Crippen molar-refractivity contribution < 1.29 is 19.6 Å². The highest BCUT2D eigenvalue weighted by molar-refractivity contribution is 5.73. The quantitative estimate of drug-likeness (QED) is 0.550. The molecule has 1 heterocycles. The van der Waals surface area contributed by atoms with E-state index in [1.807, 2.05) is 0 Å². The van der Waals surface area contributed by atoms with E-state index in [9.17, 15) is 20.0 Å². The number of nitrogens with zero attached hydrogens (tertiary/aromatic N) is 2. The van der Waals surface area contributed by atoms with Gasteiger partial charge < -0.3 is 15.6 Å². The van der Waals surface area contributed by atoms with E-state index in [0.29, 0.717) is 12.2 Å². The van der Waals surface area contributed by atoms with Crippen LogP contribution in [0.1, 0.15) is 44.3 Å². The van der Waals surface area contributed by atoms with Gasteiger partial charge in [-0.2, -0.15) is 0 Å². The van der Waals surface area contributed by atoms with Crippen LogP contribution in [0.4, 0.5) is 5.69 Å². The summed E-state index contributed by atoms with van der Waals surface area (Å²) in [5, 5.41) is 20.8. The van der Waals surface area contributed by atoms with Gasteiger partial charge in [-0.05, 0) is 31.9 Å². The molecule has 1 aromatic carbocycles. The van der Waals surface area contributed by atoms with Gasteiger partial charge in [-0.15, -0.1) is 0 Å². The van der Waals surface area contributed by atoms with Crippen molar-refractivity contribution in [3.8, 4) is 5.75 Å². The molecule has 2 unspecified atom stereocenters. The predicted molar refractivity (Wildman–Crippen MR) is 87.4 cm³/mol. The lowest BCUT2D eigenvalue weighted by atomic mass is 10.1. The number of rotatable bonds is 8. The number of aliphatic hydroxyl groups is 1. The minimum absolute atomic E-state index is 0.146. The summed E-state index contributed by atoms with van der Waals surface area (Å²) in [5.74, 6) is 0.0361. The highest BCUT2D eigenvalue weighted by Crippen LogP contribution is 2.30. The Balaban J connectivity index is 2.19. The van der Waals surface area contributed by atoms with Crippen molar-refractivity contribution in [3.63, 3.8) is 0 Å². The van der Waals surface area contributed by atoms with Crippen molar-refractivity contribution >= 4 is 11.6 Å². The number of ether oxygens (including phenoxy) is 1. The SMILES string of the molecule is CC(O)c1cc(OC(CCC(N)=O)N2CCCC2)ccc1[N+](=O)[O-]. The number of carbonyl (C=O) groups is 1. The van der Waals surface area contributed by atoms with Gasteiger partial charge in [-0.25, -0.2) is 0 Å². The van der Waals surface area contributed by atoms with Crippen molar-refractivity contribution in [1.29, 1.82) is 0 Å². The van der Waals surface area contributed by atoms with Gasteiger partial charge in [0.05, 0.1) is 16.6 Å². The molecule has 1 amide bonds. The summed E-state index contributed by atoms with van der Waals surface area (Å²) in [6, 6.07) is 4.32. The summed E-state index contributed by atoms with van der Waals surface area (Å²) in [7, 11) is 0. The molecule has 0 aromatic heterocycles. The number of aliphatic hydroxyl groups excluding tert-OH is 1. The number of amides is 1. The van der Waals surface area contributed by atoms with Crippen LogP contribution in [0.15, 0.2) is 18.2 Å². The van der Waals surface area contributed by atoms with Gasteiger partial charge >= 0.3 is 0 Å². The average Bonchev–Trinajstić information content (AvgIpc) is 3.05. The van der Waals surface area contributed by atoms with Gasteiger partial charge in [0.15, 0.2) is 6.23 Å². The van der Waals surface area contributed by atoms with Crippen LogP contribution in [-0.2, 0) is 4.79 Å². The Morgan fingerprint density at radius 2 is 2.12 bits per heavy atom. The maximum Gasteiger partial charge on any atom is 0.275 e. The third-order valence-electron chi connectivity index (χ3n) is 4.10. The summed E-state index contributed by atoms with van der Waals surface area (Å²) in [6.45, 7) is 3.22. The Hall–Kier alpha value is -2.19. The highest BCUT2D eigenvalue weighted by Gasteiger charge is 2.25. The standard InChI is InChI=1S/C16H23N3O5/c1-11(20)13-10-12(4-5-14(13)19(22)23)24-16(7-6-15(17)21)18-8-2-3-9-18/h4-5,10-11,16,20H,2-3,6-9H2,1H3,(H2,17,21). The molecule has 0 spiro atoms. The molecule has 0 aliphatic carbocycles. The zero-order valence-electron chi connectivity index (χ0n) is 13.7. The number of nitro benzene ring substituents is 1. The lowest BCUT2D eigenvalue weighted by Gasteiger charge is -2.28. The number of benzene rings is 1. The maximum absolute atomic E-state index is 11.1. The first kappa shape index (κ1) is 18.2. The predicted octanol–water partition coefficient (Wildman–Crippen LogP) is 1.71. The molecule has 1 aliphatic heterocycles. The molecule has 0 saturated carbocycles. The van der Waals surface area contributed by atoms with E-state index in [1.165, 1.54) is 25.1 Å². The van der Waals surface area contributed by atoms with Crippen molar-refractivity contribution in [1.82, 2.24) is 4.90 Å². The smallest absolute Gasteiger partial charge is 0.275 e. The number of hydrogen-bond acceptors (Lipinski definition) is 6. The summed E-state index contributed by atoms with van der Waals surface area (Å²) >= 11 is 0. The average molecular weight is 337 g/mol. The van der Waals surface area contributed by atoms with E-state index in [0.717, 1.165) is 25.9 Å². The third-order valence-corrected chi connectivity index (χ3v) is 4.10. The van der Waals surface area contributed by atoms with E-state index >= 15 is 0 Å². The lowest BCUT2D eigenvalue weighted by Crippen LogP contribution is -2.38. The number of likely N-dealkylation sites (tertiary alicyclic amines) is 1. The van der Waals surface area contributed by atoms with Crippen molar-refractivity contribution in [2.45, 2.75) is 44.9 Å². The zero-order valence-corrected chi connectivity index (χ0v) is 13.7. The summed E-state index contributed by atoms with van der Waals surface area (Å²) in [6.07, 6.45) is 1.49. The van der Waals surface area contributed by atoms with Crippen molar-refractivity contribution in [2.24, 2.45) is 5.73 Å². The summed E-state index contributed by atoms with van der Waals surface area (Å²) in [4.78, 5) is 23.7. The fourth-order valence-corrected chi connectivity index (χ4v) is 2.88. The largest absolute Gasteiger partial charge is 0.475 e. The molecule has 0 bridgehead atoms. The Kier molecular flexibility index (Phi) is 6.10. The molecule has 1 aromatic rings. The van der Waals surface area contributed by atoms with E-state index in [1.54, 1.807) is 0 Å². The molecule has 2 atom stereocenters. The van der Waals surface area contributed by atoms with E-state index in [4.69, 9.17) is 10.5 Å². The van der Waals surface area contributed by atoms with Gasteiger partial charge in [0, 0.05) is 32.0 Å². The van der Waals surface area contributed by atoms with Gasteiger partial charge in [-0.3, -0.25) is 19.8 Å². The maximum atomic E-state index is 11.1. The Labute approximate surface area is 140 Å². The fraction of sp³-hybridized carbons (Fsp3) is 0.562. The molecular formula is C16H23N3O5. The minimum Gasteiger partial charge on any atom is -0.475 e. The second-order valence-corrected chi connectivity index (χ2v) is 5.97. The first-order valence-electron chi connectivity index (χ1n) is 8.04. The van der Waals surface area contributed by atoms with Crippen LogP contribution in [0.25, 0.3) is 0 Å². The Morgan fingerprint density at radius 1 is 1.46 bits per heavy atom. The molecule has 1 saturated heterocycles. The van der Waals surface area contributed by atoms with Crippen LogP contribution < -0.4 is 10.5 Å². The third kappa shape index (κ3) is 4.65. The van der Waals surface area contributed by atoms with Gasteiger partial charge in [0.25, 0.3) is 5.69 Å². The molecule has 3 N–H and O–H groups in total. The van der Waals surface area contributed by atoms with Crippen LogP contribution in [0.2, 0.25) is 0 Å². The molecule has 2 rings (SSSR count). The molecule has 1 aliphatic rings. The lowest BCUT2D eigenvalue weighted by molar-refractivity contribution is -0.386. The highest BCUT2D eigenvalue weighted by atomic mass is 16.6. The first-order valence-corrected chi connectivity index (χ1v) is 8.04. The Bertz CT molecular complexity index is 599. The number of primary amides is 1. The molecule has 132 valence electrons. The minimum atomic E-state index is -0.982. The van der Waals surface area contributed by atoms with Gasteiger partial charge in [0.1, 0.15) is 5.75 Å². The van der Waals surface area contributed by atoms with E-state index in [-0.39, 0.29) is 23.9 Å². The first-order chi connectivity index (χ1) is 11.4. The summed E-state index contributed by atoms with van der Waals surface area (Å²) in [5.41, 5.74) is 5.28. The number of nitrogens with two attached hydrogens (primary N) is 1. The zero-order chi connectivity index (χ0) is 17.7. The number of nitro groups is 1. The molecule has 8 nitrogen and oxygen atoms in total. The molecule has 24 heavy (non-hydrogen) atoms. The van der Waals surface area contributed by atoms with Crippen LogP contribution in [0.3, 0.4) is 0 Å². The second-order valence-electron chi connectivity index (χ2n) is 5.97. The van der Waals surface area contributed by atoms with Crippen LogP contribution in [0, 0.1) is 10.1 Å². The number of carbonyl (C=O) groups excluding carboxylic acids is 1. The van der Waals surface area contributed by atoms with Gasteiger partial charge in [-0.1, -0.05) is 0 Å². The van der Waals surface area contributed by atoms with Crippen molar-refractivity contribution in [2.75, 3.05) is 13.1 Å². The second kappa shape index (κ2) is 8.07. The monoisotopic (exact) mass is 337 g/mol. The topological polar surface area (TPSA) is 119 Å². The van der Waals surface area contributed by atoms with Crippen LogP contribution in [-0.4, -0.2) is 40.2 Å². The normalized spacial score (nSPS) is 17.4. The summed E-state index contributed by atoms with van der Waals surface area (Å²) < 4.78 is 5.96.